The normalized spacial score (nSPS) is 14.1. The molecule has 0 bridgehead atoms. The fourth-order valence-corrected chi connectivity index (χ4v) is 5.71. The van der Waals surface area contributed by atoms with E-state index in [1.807, 2.05) is 37.1 Å². The topological polar surface area (TPSA) is 95.2 Å². The summed E-state index contributed by atoms with van der Waals surface area (Å²) in [7, 11) is 0. The molecule has 0 aliphatic heterocycles. The molecule has 0 radical (unpaired) electrons. The first kappa shape index (κ1) is 22.8. The molecule has 0 atom stereocenters. The second-order valence-electron chi connectivity index (χ2n) is 10.3. The molecule has 1 aromatic carbocycles. The first-order valence-electron chi connectivity index (χ1n) is 13.3. The van der Waals surface area contributed by atoms with Gasteiger partial charge in [-0.05, 0) is 66.8 Å². The molecule has 0 saturated heterocycles. The molecule has 7 rings (SSSR count). The van der Waals surface area contributed by atoms with E-state index in [1.165, 1.54) is 31.2 Å². The molecule has 1 aliphatic rings. The number of nitrogens with zero attached hydrogens (tertiary/aromatic N) is 4. The van der Waals surface area contributed by atoms with E-state index in [0.717, 1.165) is 74.5 Å². The van der Waals surface area contributed by atoms with E-state index in [4.69, 9.17) is 0 Å². The van der Waals surface area contributed by atoms with E-state index in [1.54, 1.807) is 6.20 Å². The van der Waals surface area contributed by atoms with Crippen molar-refractivity contribution in [3.8, 4) is 33.6 Å². The first-order valence-corrected chi connectivity index (χ1v) is 13.3. The Morgan fingerprint density at radius 3 is 2.58 bits per heavy atom. The Morgan fingerprint density at radius 1 is 0.789 bits per heavy atom. The number of aromatic nitrogens is 6. The molecule has 7 heteroatoms. The van der Waals surface area contributed by atoms with Crippen molar-refractivity contribution in [2.45, 2.75) is 32.2 Å². The van der Waals surface area contributed by atoms with Gasteiger partial charge >= 0.3 is 0 Å². The average molecular weight is 500 g/mol. The second kappa shape index (κ2) is 9.84. The van der Waals surface area contributed by atoms with Crippen molar-refractivity contribution in [2.75, 3.05) is 6.54 Å². The van der Waals surface area contributed by atoms with Crippen LogP contribution in [0.4, 0.5) is 0 Å². The predicted octanol–water partition coefficient (Wildman–Crippen LogP) is 6.51. The number of aromatic amines is 2. The summed E-state index contributed by atoms with van der Waals surface area (Å²) in [6.45, 7) is 1.94. The third-order valence-corrected chi connectivity index (χ3v) is 7.70. The highest BCUT2D eigenvalue weighted by atomic mass is 15.1. The number of H-pyrrole nitrogens is 2. The molecule has 1 fully saturated rings. The lowest BCUT2D eigenvalue weighted by Gasteiger charge is -2.11. The summed E-state index contributed by atoms with van der Waals surface area (Å²) in [6, 6.07) is 14.8. The Balaban J connectivity index is 1.20. The molecule has 5 heterocycles. The Morgan fingerprint density at radius 2 is 1.68 bits per heavy atom. The zero-order valence-corrected chi connectivity index (χ0v) is 21.1. The van der Waals surface area contributed by atoms with Gasteiger partial charge in [-0.2, -0.15) is 5.10 Å². The highest BCUT2D eigenvalue weighted by molar-refractivity contribution is 6.01. The van der Waals surface area contributed by atoms with E-state index in [2.05, 4.69) is 71.8 Å². The van der Waals surface area contributed by atoms with Crippen molar-refractivity contribution in [2.24, 2.45) is 5.92 Å². The SMILES string of the molecule is c1cncc(-c2cncc3[nH]c(-c4n[nH]c5ccc(-c6cncc(CNCC7CCCC7)c6)cc45)cc23)c1. The number of fused-ring (bicyclic) bond motifs is 2. The van der Waals surface area contributed by atoms with E-state index in [0.29, 0.717) is 0 Å². The van der Waals surface area contributed by atoms with Crippen LogP contribution in [0.1, 0.15) is 31.2 Å². The van der Waals surface area contributed by atoms with Crippen LogP contribution in [-0.2, 0) is 6.54 Å². The van der Waals surface area contributed by atoms with Crippen LogP contribution in [0.5, 0.6) is 0 Å². The summed E-state index contributed by atoms with van der Waals surface area (Å²) in [4.78, 5) is 16.8. The molecule has 38 heavy (non-hydrogen) atoms. The summed E-state index contributed by atoms with van der Waals surface area (Å²) < 4.78 is 0. The van der Waals surface area contributed by atoms with Gasteiger partial charge in [-0.15, -0.1) is 0 Å². The lowest BCUT2D eigenvalue weighted by atomic mass is 10.0. The van der Waals surface area contributed by atoms with Crippen LogP contribution in [0.15, 0.2) is 79.6 Å². The molecule has 3 N–H and O–H groups in total. The lowest BCUT2D eigenvalue weighted by molar-refractivity contribution is 0.489. The first-order chi connectivity index (χ1) is 18.8. The quantitative estimate of drug-likeness (QED) is 0.233. The van der Waals surface area contributed by atoms with Crippen LogP contribution in [0.2, 0.25) is 0 Å². The van der Waals surface area contributed by atoms with E-state index in [-0.39, 0.29) is 0 Å². The third-order valence-electron chi connectivity index (χ3n) is 7.70. The number of hydrogen-bond donors (Lipinski definition) is 3. The molecule has 1 saturated carbocycles. The van der Waals surface area contributed by atoms with E-state index in [9.17, 15) is 0 Å². The van der Waals surface area contributed by atoms with Crippen LogP contribution in [-0.4, -0.2) is 36.7 Å². The van der Waals surface area contributed by atoms with Crippen LogP contribution in [0.3, 0.4) is 0 Å². The number of hydrogen-bond acceptors (Lipinski definition) is 5. The highest BCUT2D eigenvalue weighted by Crippen LogP contribution is 2.34. The maximum absolute atomic E-state index is 4.68. The Bertz CT molecular complexity index is 1710. The van der Waals surface area contributed by atoms with Gasteiger partial charge in [0, 0.05) is 65.0 Å². The van der Waals surface area contributed by atoms with Gasteiger partial charge in [0.25, 0.3) is 0 Å². The van der Waals surface area contributed by atoms with Crippen molar-refractivity contribution in [3.63, 3.8) is 0 Å². The molecule has 0 unspecified atom stereocenters. The minimum Gasteiger partial charge on any atom is -0.352 e. The smallest absolute Gasteiger partial charge is 0.116 e. The van der Waals surface area contributed by atoms with Gasteiger partial charge < -0.3 is 10.3 Å². The molecular formula is C31H29N7. The minimum absolute atomic E-state index is 0.828. The van der Waals surface area contributed by atoms with Gasteiger partial charge in [0.2, 0.25) is 0 Å². The molecule has 7 nitrogen and oxygen atoms in total. The van der Waals surface area contributed by atoms with Crippen molar-refractivity contribution < 1.29 is 0 Å². The lowest BCUT2D eigenvalue weighted by Crippen LogP contribution is -2.20. The molecular weight excluding hydrogens is 470 g/mol. The number of nitrogens with one attached hydrogen (secondary N) is 3. The monoisotopic (exact) mass is 499 g/mol. The zero-order valence-electron chi connectivity index (χ0n) is 21.1. The average Bonchev–Trinajstić information content (AvgIpc) is 3.73. The molecule has 1 aliphatic carbocycles. The highest BCUT2D eigenvalue weighted by Gasteiger charge is 2.16. The van der Waals surface area contributed by atoms with Gasteiger partial charge in [0.05, 0.1) is 22.9 Å². The maximum Gasteiger partial charge on any atom is 0.116 e. The van der Waals surface area contributed by atoms with Gasteiger partial charge in [-0.3, -0.25) is 20.1 Å². The maximum atomic E-state index is 4.68. The summed E-state index contributed by atoms with van der Waals surface area (Å²) in [6.07, 6.45) is 16.8. The summed E-state index contributed by atoms with van der Waals surface area (Å²) in [5, 5.41) is 13.7. The van der Waals surface area contributed by atoms with Crippen LogP contribution in [0, 0.1) is 5.92 Å². The van der Waals surface area contributed by atoms with Crippen molar-refractivity contribution >= 4 is 21.8 Å². The molecule has 6 aromatic rings. The third kappa shape index (κ3) is 4.35. The molecule has 0 spiro atoms. The molecule has 0 amide bonds. The molecule has 5 aromatic heterocycles. The van der Waals surface area contributed by atoms with Gasteiger partial charge in [-0.1, -0.05) is 25.0 Å². The van der Waals surface area contributed by atoms with Crippen LogP contribution < -0.4 is 5.32 Å². The Labute approximate surface area is 220 Å². The largest absolute Gasteiger partial charge is 0.352 e. The Kier molecular flexibility index (Phi) is 5.90. The van der Waals surface area contributed by atoms with Gasteiger partial charge in [0.1, 0.15) is 5.69 Å². The van der Waals surface area contributed by atoms with Crippen molar-refractivity contribution in [1.82, 2.24) is 35.5 Å². The number of benzene rings is 1. The summed E-state index contributed by atoms with van der Waals surface area (Å²) in [5.41, 5.74) is 9.32. The second-order valence-corrected chi connectivity index (χ2v) is 10.3. The number of rotatable bonds is 7. The van der Waals surface area contributed by atoms with Gasteiger partial charge in [0.15, 0.2) is 0 Å². The number of pyridine rings is 3. The fourth-order valence-electron chi connectivity index (χ4n) is 5.71. The minimum atomic E-state index is 0.828. The summed E-state index contributed by atoms with van der Waals surface area (Å²) in [5.74, 6) is 0.828. The Hall–Kier alpha value is -4.36. The van der Waals surface area contributed by atoms with Crippen LogP contribution >= 0.6 is 0 Å². The summed E-state index contributed by atoms with van der Waals surface area (Å²) >= 11 is 0. The molecule has 188 valence electrons. The van der Waals surface area contributed by atoms with Crippen molar-refractivity contribution in [3.05, 3.63) is 85.2 Å². The van der Waals surface area contributed by atoms with Crippen molar-refractivity contribution in [1.29, 1.82) is 0 Å². The van der Waals surface area contributed by atoms with E-state index < -0.39 is 0 Å². The standard InChI is InChI=1S/C31H29N7/c1-2-5-20(4-1)13-33-14-21-10-24(17-34-15-21)22-7-8-28-26(11-22)31(38-37-28)29-12-25-27(18-35-19-30(25)36-29)23-6-3-9-32-16-23/h3,6-12,15-20,33,36H,1-2,4-5,13-14H2,(H,37,38). The van der Waals surface area contributed by atoms with Crippen LogP contribution in [0.25, 0.3) is 55.4 Å². The predicted molar refractivity (Wildman–Crippen MR) is 151 cm³/mol. The fraction of sp³-hybridized carbons (Fsp3) is 0.226. The zero-order chi connectivity index (χ0) is 25.3. The van der Waals surface area contributed by atoms with Gasteiger partial charge in [-0.25, -0.2) is 0 Å². The van der Waals surface area contributed by atoms with E-state index >= 15 is 0 Å².